The van der Waals surface area contributed by atoms with Crippen LogP contribution in [0.2, 0.25) is 0 Å². The number of halogens is 1. The van der Waals surface area contributed by atoms with Crippen LogP contribution < -0.4 is 25.1 Å². The zero-order chi connectivity index (χ0) is 25.7. The summed E-state index contributed by atoms with van der Waals surface area (Å²) in [5.74, 6) is 0.610. The Morgan fingerprint density at radius 2 is 1.64 bits per heavy atom. The summed E-state index contributed by atoms with van der Waals surface area (Å²) in [5, 5.41) is 14.0. The number of nitrogens with zero attached hydrogens (tertiary/aromatic N) is 3. The molecule has 2 aromatic carbocycles. The Kier molecular flexibility index (Phi) is 7.28. The normalized spacial score (nSPS) is 10.7. The third-order valence-corrected chi connectivity index (χ3v) is 5.40. The number of aromatic nitrogens is 4. The van der Waals surface area contributed by atoms with Crippen LogP contribution in [0.5, 0.6) is 17.2 Å². The molecule has 0 unspecified atom stereocenters. The van der Waals surface area contributed by atoms with Gasteiger partial charge < -0.3 is 19.5 Å². The van der Waals surface area contributed by atoms with Gasteiger partial charge in [0.1, 0.15) is 11.5 Å². The van der Waals surface area contributed by atoms with Gasteiger partial charge >= 0.3 is 0 Å². The molecule has 0 aliphatic heterocycles. The predicted octanol–water partition coefficient (Wildman–Crippen LogP) is 2.90. The number of hydrogen-bond acceptors (Lipinski definition) is 7. The SMILES string of the molecule is COc1cc(-c2cc(C(=O)NCCn3nc(-c4ccc(F)cc4)ccc3=O)[nH]n2)cc(OC)c1OC. The predicted molar refractivity (Wildman–Crippen MR) is 130 cm³/mol. The Balaban J connectivity index is 1.44. The van der Waals surface area contributed by atoms with Crippen molar-refractivity contribution in [3.8, 4) is 39.8 Å². The highest BCUT2D eigenvalue weighted by molar-refractivity contribution is 5.93. The summed E-state index contributed by atoms with van der Waals surface area (Å²) in [6, 6.07) is 13.8. The van der Waals surface area contributed by atoms with E-state index in [1.165, 1.54) is 44.2 Å². The average molecular weight is 493 g/mol. The van der Waals surface area contributed by atoms with Crippen LogP contribution in [0.4, 0.5) is 4.39 Å². The second-order valence-electron chi connectivity index (χ2n) is 7.62. The van der Waals surface area contributed by atoms with Crippen molar-refractivity contribution < 1.29 is 23.4 Å². The van der Waals surface area contributed by atoms with E-state index in [1.54, 1.807) is 36.4 Å². The number of aromatic amines is 1. The van der Waals surface area contributed by atoms with Gasteiger partial charge in [-0.25, -0.2) is 9.07 Å². The van der Waals surface area contributed by atoms with E-state index in [9.17, 15) is 14.0 Å². The Morgan fingerprint density at radius 1 is 0.944 bits per heavy atom. The van der Waals surface area contributed by atoms with Crippen molar-refractivity contribution in [3.63, 3.8) is 0 Å². The number of carbonyl (C=O) groups excluding carboxylic acids is 1. The molecular weight excluding hydrogens is 469 g/mol. The average Bonchev–Trinajstić information content (AvgIpc) is 3.40. The molecule has 0 aliphatic rings. The van der Waals surface area contributed by atoms with Crippen LogP contribution in [0.1, 0.15) is 10.5 Å². The van der Waals surface area contributed by atoms with Crippen LogP contribution in [0.15, 0.2) is 59.4 Å². The molecule has 4 rings (SSSR count). The van der Waals surface area contributed by atoms with Crippen molar-refractivity contribution in [2.45, 2.75) is 6.54 Å². The van der Waals surface area contributed by atoms with Crippen LogP contribution in [0, 0.1) is 5.82 Å². The Labute approximate surface area is 205 Å². The van der Waals surface area contributed by atoms with Crippen molar-refractivity contribution in [3.05, 3.63) is 76.5 Å². The van der Waals surface area contributed by atoms with Crippen molar-refractivity contribution in [2.24, 2.45) is 0 Å². The van der Waals surface area contributed by atoms with Crippen LogP contribution in [-0.2, 0) is 6.54 Å². The lowest BCUT2D eigenvalue weighted by Crippen LogP contribution is -2.32. The molecule has 11 heteroatoms. The maximum absolute atomic E-state index is 13.2. The molecule has 0 radical (unpaired) electrons. The first kappa shape index (κ1) is 24.5. The number of ether oxygens (including phenoxy) is 3. The number of methoxy groups -OCH3 is 3. The number of rotatable bonds is 9. The number of amides is 1. The highest BCUT2D eigenvalue weighted by Gasteiger charge is 2.17. The van der Waals surface area contributed by atoms with Crippen molar-refractivity contribution in [2.75, 3.05) is 27.9 Å². The lowest BCUT2D eigenvalue weighted by molar-refractivity contribution is 0.0946. The van der Waals surface area contributed by atoms with Gasteiger partial charge in [-0.15, -0.1) is 0 Å². The summed E-state index contributed by atoms with van der Waals surface area (Å²) in [5.41, 5.74) is 2.27. The van der Waals surface area contributed by atoms with Gasteiger partial charge in [-0.05, 0) is 48.5 Å². The number of H-pyrrole nitrogens is 1. The van der Waals surface area contributed by atoms with Crippen LogP contribution >= 0.6 is 0 Å². The first-order valence-electron chi connectivity index (χ1n) is 10.9. The van der Waals surface area contributed by atoms with E-state index >= 15 is 0 Å². The molecule has 2 N–H and O–H groups in total. The summed E-state index contributed by atoms with van der Waals surface area (Å²) < 4.78 is 30.5. The van der Waals surface area contributed by atoms with Gasteiger partial charge in [0.2, 0.25) is 5.75 Å². The molecule has 2 aromatic heterocycles. The Bertz CT molecular complexity index is 1410. The fraction of sp³-hybridized carbons (Fsp3) is 0.200. The van der Waals surface area contributed by atoms with Gasteiger partial charge in [-0.3, -0.25) is 14.7 Å². The highest BCUT2D eigenvalue weighted by Crippen LogP contribution is 2.40. The van der Waals surface area contributed by atoms with E-state index in [2.05, 4.69) is 20.6 Å². The number of carbonyl (C=O) groups is 1. The van der Waals surface area contributed by atoms with Crippen LogP contribution in [0.25, 0.3) is 22.5 Å². The lowest BCUT2D eigenvalue weighted by Gasteiger charge is -2.13. The maximum atomic E-state index is 13.2. The number of hydrogen-bond donors (Lipinski definition) is 2. The van der Waals surface area contributed by atoms with Gasteiger partial charge in [-0.1, -0.05) is 0 Å². The molecule has 0 fully saturated rings. The topological polar surface area (TPSA) is 120 Å². The van der Waals surface area contributed by atoms with Crippen LogP contribution in [0.3, 0.4) is 0 Å². The quantitative estimate of drug-likeness (QED) is 0.368. The van der Waals surface area contributed by atoms with E-state index in [-0.39, 0.29) is 30.2 Å². The van der Waals surface area contributed by atoms with E-state index in [0.29, 0.717) is 39.8 Å². The van der Waals surface area contributed by atoms with E-state index in [0.717, 1.165) is 0 Å². The molecule has 1 amide bonds. The van der Waals surface area contributed by atoms with Crippen molar-refractivity contribution in [1.82, 2.24) is 25.3 Å². The van der Waals surface area contributed by atoms with E-state index < -0.39 is 5.91 Å². The molecular formula is C25H24FN5O5. The molecule has 0 atom stereocenters. The monoisotopic (exact) mass is 493 g/mol. The van der Waals surface area contributed by atoms with Gasteiger partial charge in [0.05, 0.1) is 39.3 Å². The zero-order valence-corrected chi connectivity index (χ0v) is 19.9. The number of benzene rings is 2. The largest absolute Gasteiger partial charge is 0.493 e. The number of nitrogens with one attached hydrogen (secondary N) is 2. The first-order chi connectivity index (χ1) is 17.4. The highest BCUT2D eigenvalue weighted by atomic mass is 19.1. The third-order valence-electron chi connectivity index (χ3n) is 5.40. The third kappa shape index (κ3) is 5.19. The zero-order valence-electron chi connectivity index (χ0n) is 19.9. The molecule has 2 heterocycles. The fourth-order valence-electron chi connectivity index (χ4n) is 3.57. The van der Waals surface area contributed by atoms with Crippen molar-refractivity contribution >= 4 is 5.91 Å². The summed E-state index contributed by atoms with van der Waals surface area (Å²) >= 11 is 0. The lowest BCUT2D eigenvalue weighted by atomic mass is 10.1. The molecule has 0 spiro atoms. The Hall–Kier alpha value is -4.67. The maximum Gasteiger partial charge on any atom is 0.269 e. The van der Waals surface area contributed by atoms with E-state index in [1.807, 2.05) is 0 Å². The molecule has 10 nitrogen and oxygen atoms in total. The van der Waals surface area contributed by atoms with Crippen LogP contribution in [-0.4, -0.2) is 53.8 Å². The standard InChI is InChI=1S/C25H24FN5O5/c1-34-21-12-16(13-22(35-2)24(21)36-3)19-14-20(29-28-19)25(33)27-10-11-31-23(32)9-8-18(30-31)15-4-6-17(26)7-5-15/h4-9,12-14H,10-11H2,1-3H3,(H,27,33)(H,28,29). The molecule has 0 bridgehead atoms. The van der Waals surface area contributed by atoms with Gasteiger partial charge in [0.25, 0.3) is 11.5 Å². The minimum absolute atomic E-state index is 0.146. The Morgan fingerprint density at radius 3 is 2.28 bits per heavy atom. The summed E-state index contributed by atoms with van der Waals surface area (Å²) in [6.07, 6.45) is 0. The molecule has 36 heavy (non-hydrogen) atoms. The summed E-state index contributed by atoms with van der Waals surface area (Å²) in [6.45, 7) is 0.296. The summed E-state index contributed by atoms with van der Waals surface area (Å²) in [4.78, 5) is 24.8. The minimum atomic E-state index is -0.399. The summed E-state index contributed by atoms with van der Waals surface area (Å²) in [7, 11) is 4.54. The first-order valence-corrected chi connectivity index (χ1v) is 10.9. The second-order valence-corrected chi connectivity index (χ2v) is 7.62. The fourth-order valence-corrected chi connectivity index (χ4v) is 3.57. The molecule has 0 saturated heterocycles. The smallest absolute Gasteiger partial charge is 0.269 e. The van der Waals surface area contributed by atoms with E-state index in [4.69, 9.17) is 14.2 Å². The molecule has 186 valence electrons. The van der Waals surface area contributed by atoms with Gasteiger partial charge in [-0.2, -0.15) is 10.2 Å². The van der Waals surface area contributed by atoms with Gasteiger partial charge in [0, 0.05) is 23.7 Å². The van der Waals surface area contributed by atoms with Gasteiger partial charge in [0.15, 0.2) is 11.5 Å². The van der Waals surface area contributed by atoms with Crippen molar-refractivity contribution in [1.29, 1.82) is 0 Å². The molecule has 0 saturated carbocycles. The second kappa shape index (κ2) is 10.7. The minimum Gasteiger partial charge on any atom is -0.493 e. The molecule has 4 aromatic rings. The molecule has 0 aliphatic carbocycles.